The van der Waals surface area contributed by atoms with Gasteiger partial charge < -0.3 is 5.32 Å². The van der Waals surface area contributed by atoms with Crippen molar-refractivity contribution in [3.63, 3.8) is 0 Å². The summed E-state index contributed by atoms with van der Waals surface area (Å²) in [4.78, 5) is 30.8. The molecule has 1 aromatic carbocycles. The van der Waals surface area contributed by atoms with Crippen LogP contribution in [-0.4, -0.2) is 25.5 Å². The van der Waals surface area contributed by atoms with Crippen molar-refractivity contribution in [1.82, 2.24) is 14.3 Å². The minimum atomic E-state index is -0.490. The normalized spacial score (nSPS) is 11.7. The van der Waals surface area contributed by atoms with E-state index in [-0.39, 0.29) is 17.2 Å². The second-order valence-corrected chi connectivity index (χ2v) is 8.65. The lowest BCUT2D eigenvalue weighted by molar-refractivity contribution is -0.115. The molecular formula is C24H27N5O2S. The van der Waals surface area contributed by atoms with Gasteiger partial charge in [-0.25, -0.2) is 9.67 Å². The number of hydrogen-bond donors (Lipinski definition) is 1. The van der Waals surface area contributed by atoms with Crippen LogP contribution in [-0.2, 0) is 18.3 Å². The number of carbonyl (C=O) groups excluding carboxylic acids is 1. The largest absolute Gasteiger partial charge is 0.319 e. The number of nitrogens with one attached hydrogen (secondary N) is 1. The molecule has 0 aliphatic rings. The van der Waals surface area contributed by atoms with E-state index in [0.29, 0.717) is 22.7 Å². The van der Waals surface area contributed by atoms with Crippen LogP contribution in [0.3, 0.4) is 0 Å². The molecule has 0 saturated heterocycles. The molecule has 1 atom stereocenters. The Balaban J connectivity index is 1.88. The lowest BCUT2D eigenvalue weighted by Gasteiger charge is -2.15. The van der Waals surface area contributed by atoms with Crippen molar-refractivity contribution in [3.8, 4) is 11.8 Å². The van der Waals surface area contributed by atoms with E-state index in [9.17, 15) is 14.9 Å². The number of anilines is 1. The van der Waals surface area contributed by atoms with Gasteiger partial charge in [-0.15, -0.1) is 0 Å². The Hall–Kier alpha value is -3.31. The third-order valence-corrected chi connectivity index (χ3v) is 6.63. The summed E-state index contributed by atoms with van der Waals surface area (Å²) in [7, 11) is 1.79. The molecule has 0 bridgehead atoms. The summed E-state index contributed by atoms with van der Waals surface area (Å²) < 4.78 is 3.26. The number of rotatable bonds is 8. The SMILES string of the molecule is CCCc1ccc(C#N)c(SC(CC)C(=O)Nc2c(C)n(C)n(-c3ccccc3)c2=O)n1. The fourth-order valence-corrected chi connectivity index (χ4v) is 4.43. The summed E-state index contributed by atoms with van der Waals surface area (Å²) >= 11 is 1.27. The van der Waals surface area contributed by atoms with Gasteiger partial charge in [-0.05, 0) is 44.0 Å². The van der Waals surface area contributed by atoms with Crippen molar-refractivity contribution < 1.29 is 4.79 Å². The van der Waals surface area contributed by atoms with Gasteiger partial charge in [0.2, 0.25) is 5.91 Å². The first-order valence-corrected chi connectivity index (χ1v) is 11.5. The first-order valence-electron chi connectivity index (χ1n) is 10.6. The topological polar surface area (TPSA) is 92.7 Å². The Morgan fingerprint density at radius 2 is 1.94 bits per heavy atom. The second kappa shape index (κ2) is 10.3. The molecule has 0 aliphatic heterocycles. The summed E-state index contributed by atoms with van der Waals surface area (Å²) in [5.74, 6) is -0.282. The average Bonchev–Trinajstić information content (AvgIpc) is 3.01. The summed E-state index contributed by atoms with van der Waals surface area (Å²) in [6.45, 7) is 5.77. The highest BCUT2D eigenvalue weighted by atomic mass is 32.2. The number of aryl methyl sites for hydroxylation is 1. The zero-order valence-corrected chi connectivity index (χ0v) is 19.6. The quantitative estimate of drug-likeness (QED) is 0.520. The van der Waals surface area contributed by atoms with Crippen LogP contribution in [0, 0.1) is 18.3 Å². The van der Waals surface area contributed by atoms with Crippen LogP contribution in [0.2, 0.25) is 0 Å². The fraction of sp³-hybridized carbons (Fsp3) is 0.333. The van der Waals surface area contributed by atoms with Crippen LogP contribution in [0.25, 0.3) is 5.69 Å². The number of aromatic nitrogens is 3. The standard InChI is InChI=1S/C24H27N5O2S/c1-5-10-18-14-13-17(15-25)23(26-18)32-20(6-2)22(30)27-21-16(3)28(4)29(24(21)31)19-11-8-7-9-12-19/h7-9,11-14,20H,5-6,10H2,1-4H3,(H,27,30). The predicted octanol–water partition coefficient (Wildman–Crippen LogP) is 4.21. The Bertz CT molecular complexity index is 1210. The van der Waals surface area contributed by atoms with Crippen LogP contribution < -0.4 is 10.9 Å². The van der Waals surface area contributed by atoms with Gasteiger partial charge >= 0.3 is 0 Å². The second-order valence-electron chi connectivity index (χ2n) is 7.46. The molecule has 0 aliphatic carbocycles. The minimum absolute atomic E-state index is 0.258. The van der Waals surface area contributed by atoms with Crippen molar-refractivity contribution >= 4 is 23.4 Å². The van der Waals surface area contributed by atoms with Crippen LogP contribution >= 0.6 is 11.8 Å². The smallest absolute Gasteiger partial charge is 0.295 e. The number of nitrogens with zero attached hydrogens (tertiary/aromatic N) is 4. The highest BCUT2D eigenvalue weighted by Crippen LogP contribution is 2.28. The number of nitriles is 1. The molecule has 2 aromatic heterocycles. The van der Waals surface area contributed by atoms with Crippen molar-refractivity contribution in [2.24, 2.45) is 7.05 Å². The third kappa shape index (κ3) is 4.78. The first-order chi connectivity index (χ1) is 15.4. The number of para-hydroxylation sites is 1. The highest BCUT2D eigenvalue weighted by Gasteiger charge is 2.24. The maximum Gasteiger partial charge on any atom is 0.295 e. The van der Waals surface area contributed by atoms with E-state index in [0.717, 1.165) is 24.2 Å². The molecule has 7 nitrogen and oxygen atoms in total. The van der Waals surface area contributed by atoms with Gasteiger partial charge in [-0.3, -0.25) is 14.3 Å². The van der Waals surface area contributed by atoms with Gasteiger partial charge in [0.05, 0.1) is 22.2 Å². The molecule has 0 fully saturated rings. The summed E-state index contributed by atoms with van der Waals surface area (Å²) in [5.41, 5.74) is 2.70. The van der Waals surface area contributed by atoms with Gasteiger partial charge in [-0.2, -0.15) is 5.26 Å². The third-order valence-electron chi connectivity index (χ3n) is 5.26. The van der Waals surface area contributed by atoms with Gasteiger partial charge in [0.1, 0.15) is 16.8 Å². The molecule has 1 unspecified atom stereocenters. The lowest BCUT2D eigenvalue weighted by Crippen LogP contribution is -2.28. The van der Waals surface area contributed by atoms with Crippen LogP contribution in [0.1, 0.15) is 43.6 Å². The Morgan fingerprint density at radius 1 is 1.22 bits per heavy atom. The molecule has 1 N–H and O–H groups in total. The lowest BCUT2D eigenvalue weighted by atomic mass is 10.2. The molecule has 0 spiro atoms. The van der Waals surface area contributed by atoms with Crippen LogP contribution in [0.15, 0.2) is 52.3 Å². The highest BCUT2D eigenvalue weighted by molar-refractivity contribution is 8.00. The molecular weight excluding hydrogens is 422 g/mol. The Morgan fingerprint density at radius 3 is 2.56 bits per heavy atom. The zero-order chi connectivity index (χ0) is 23.3. The van der Waals surface area contributed by atoms with Crippen molar-refractivity contribution in [3.05, 3.63) is 69.8 Å². The van der Waals surface area contributed by atoms with Crippen molar-refractivity contribution in [2.45, 2.75) is 50.3 Å². The van der Waals surface area contributed by atoms with Crippen molar-refractivity contribution in [2.75, 3.05) is 5.32 Å². The molecule has 3 aromatic rings. The molecule has 32 heavy (non-hydrogen) atoms. The summed E-state index contributed by atoms with van der Waals surface area (Å²) in [6, 6.07) is 15.1. The fourth-order valence-electron chi connectivity index (χ4n) is 3.42. The molecule has 0 saturated carbocycles. The van der Waals surface area contributed by atoms with E-state index in [2.05, 4.69) is 23.3 Å². The van der Waals surface area contributed by atoms with E-state index in [1.807, 2.05) is 43.3 Å². The monoisotopic (exact) mass is 449 g/mol. The molecule has 2 heterocycles. The zero-order valence-electron chi connectivity index (χ0n) is 18.8. The van der Waals surface area contributed by atoms with Gasteiger partial charge in [0.25, 0.3) is 5.56 Å². The number of thioether (sulfide) groups is 1. The molecule has 166 valence electrons. The Labute approximate surface area is 192 Å². The van der Waals surface area contributed by atoms with E-state index >= 15 is 0 Å². The summed E-state index contributed by atoms with van der Waals surface area (Å²) in [6.07, 6.45) is 2.28. The van der Waals surface area contributed by atoms with Gasteiger partial charge in [0, 0.05) is 12.7 Å². The Kier molecular flexibility index (Phi) is 7.54. The number of hydrogen-bond acceptors (Lipinski definition) is 5. The van der Waals surface area contributed by atoms with Crippen molar-refractivity contribution in [1.29, 1.82) is 5.26 Å². The van der Waals surface area contributed by atoms with Gasteiger partial charge in [-0.1, -0.05) is 50.2 Å². The molecule has 8 heteroatoms. The van der Waals surface area contributed by atoms with E-state index < -0.39 is 5.25 Å². The minimum Gasteiger partial charge on any atom is -0.319 e. The number of benzene rings is 1. The van der Waals surface area contributed by atoms with E-state index in [1.165, 1.54) is 16.4 Å². The average molecular weight is 450 g/mol. The summed E-state index contributed by atoms with van der Waals surface area (Å²) in [5, 5.41) is 12.4. The number of carbonyl (C=O) groups is 1. The van der Waals surface area contributed by atoms with E-state index in [4.69, 9.17) is 0 Å². The maximum atomic E-state index is 13.1. The molecule has 0 radical (unpaired) electrons. The predicted molar refractivity (Wildman–Crippen MR) is 127 cm³/mol. The number of amides is 1. The maximum absolute atomic E-state index is 13.1. The van der Waals surface area contributed by atoms with E-state index in [1.54, 1.807) is 24.7 Å². The van der Waals surface area contributed by atoms with Crippen LogP contribution in [0.4, 0.5) is 5.69 Å². The van der Waals surface area contributed by atoms with Crippen LogP contribution in [0.5, 0.6) is 0 Å². The van der Waals surface area contributed by atoms with Gasteiger partial charge in [0.15, 0.2) is 0 Å². The first kappa shape index (κ1) is 23.4. The molecule has 1 amide bonds. The number of pyridine rings is 1. The molecule has 3 rings (SSSR count).